The minimum absolute atomic E-state index is 0.0948. The van der Waals surface area contributed by atoms with Gasteiger partial charge in [0.05, 0.1) is 0 Å². The molecule has 1 atom stereocenters. The van der Waals surface area contributed by atoms with E-state index in [-0.39, 0.29) is 24.5 Å². The molecule has 0 bridgehead atoms. The third kappa shape index (κ3) is 6.97. The van der Waals surface area contributed by atoms with Gasteiger partial charge in [0, 0.05) is 19.0 Å². The third-order valence-corrected chi connectivity index (χ3v) is 6.85. The Bertz CT molecular complexity index is 1160. The lowest BCUT2D eigenvalue weighted by Gasteiger charge is -2.32. The monoisotopic (exact) mass is 484 g/mol. The Morgan fingerprint density at radius 3 is 2.33 bits per heavy atom. The molecular weight excluding hydrogens is 448 g/mol. The minimum Gasteiger partial charge on any atom is -0.484 e. The van der Waals surface area contributed by atoms with E-state index in [1.54, 1.807) is 4.90 Å². The SMILES string of the molecule is Cc1cccc(CN(C(=O)COc2ccccc2C)[C@@H](Cc2ccccc2)C(=O)NC2CCCC2)c1. The van der Waals surface area contributed by atoms with Crippen molar-refractivity contribution in [3.8, 4) is 5.75 Å². The highest BCUT2D eigenvalue weighted by atomic mass is 16.5. The lowest BCUT2D eigenvalue weighted by atomic mass is 10.0. The highest BCUT2D eigenvalue weighted by molar-refractivity contribution is 5.88. The predicted octanol–water partition coefficient (Wildman–Crippen LogP) is 5.38. The van der Waals surface area contributed by atoms with Gasteiger partial charge in [0.25, 0.3) is 5.91 Å². The summed E-state index contributed by atoms with van der Waals surface area (Å²) in [5.41, 5.74) is 4.10. The smallest absolute Gasteiger partial charge is 0.261 e. The summed E-state index contributed by atoms with van der Waals surface area (Å²) in [6, 6.07) is 25.2. The molecule has 0 saturated heterocycles. The molecule has 0 heterocycles. The fraction of sp³-hybridized carbons (Fsp3) is 0.355. The first-order valence-corrected chi connectivity index (χ1v) is 12.9. The standard InChI is InChI=1S/C31H36N2O3/c1-23-11-10-15-26(19-23)21-33(30(34)22-36-29-18-9-6-12-24(29)2)28(20-25-13-4-3-5-14-25)31(35)32-27-16-7-8-17-27/h3-6,9-15,18-19,27-28H,7-8,16-17,20-22H2,1-2H3,(H,32,35)/t28-/m0/s1. The summed E-state index contributed by atoms with van der Waals surface area (Å²) in [6.07, 6.45) is 4.69. The average Bonchev–Trinajstić information content (AvgIpc) is 3.39. The molecule has 1 saturated carbocycles. The number of hydrogen-bond donors (Lipinski definition) is 1. The molecule has 5 heteroatoms. The molecule has 36 heavy (non-hydrogen) atoms. The number of rotatable bonds is 10. The minimum atomic E-state index is -0.638. The second-order valence-corrected chi connectivity index (χ2v) is 9.76. The molecule has 1 N–H and O–H groups in total. The van der Waals surface area contributed by atoms with E-state index in [1.165, 1.54) is 0 Å². The first-order chi connectivity index (χ1) is 17.5. The largest absolute Gasteiger partial charge is 0.484 e. The van der Waals surface area contributed by atoms with Gasteiger partial charge in [-0.2, -0.15) is 0 Å². The Balaban J connectivity index is 1.62. The van der Waals surface area contributed by atoms with Gasteiger partial charge in [-0.1, -0.05) is 91.2 Å². The maximum absolute atomic E-state index is 13.7. The normalized spacial score (nSPS) is 14.3. The summed E-state index contributed by atoms with van der Waals surface area (Å²) in [6.45, 7) is 4.20. The fourth-order valence-corrected chi connectivity index (χ4v) is 4.87. The van der Waals surface area contributed by atoms with E-state index in [2.05, 4.69) is 11.4 Å². The van der Waals surface area contributed by atoms with Crippen LogP contribution in [0.15, 0.2) is 78.9 Å². The summed E-state index contributed by atoms with van der Waals surface area (Å²) >= 11 is 0. The van der Waals surface area contributed by atoms with Gasteiger partial charge in [-0.15, -0.1) is 0 Å². The van der Waals surface area contributed by atoms with Crippen molar-refractivity contribution in [2.45, 2.75) is 64.6 Å². The molecule has 1 fully saturated rings. The number of carbonyl (C=O) groups excluding carboxylic acids is 2. The molecule has 3 aromatic rings. The zero-order valence-electron chi connectivity index (χ0n) is 21.3. The van der Waals surface area contributed by atoms with E-state index < -0.39 is 6.04 Å². The van der Waals surface area contributed by atoms with Gasteiger partial charge in [-0.05, 0) is 49.4 Å². The number of carbonyl (C=O) groups is 2. The van der Waals surface area contributed by atoms with Crippen molar-refractivity contribution in [1.29, 1.82) is 0 Å². The van der Waals surface area contributed by atoms with Crippen molar-refractivity contribution in [2.24, 2.45) is 0 Å². The summed E-state index contributed by atoms with van der Waals surface area (Å²) in [7, 11) is 0. The Hall–Kier alpha value is -3.60. The number of benzene rings is 3. The molecule has 0 aromatic heterocycles. The van der Waals surface area contributed by atoms with Gasteiger partial charge >= 0.3 is 0 Å². The van der Waals surface area contributed by atoms with Gasteiger partial charge in [0.15, 0.2) is 6.61 Å². The zero-order chi connectivity index (χ0) is 25.3. The summed E-state index contributed by atoms with van der Waals surface area (Å²) < 4.78 is 5.93. The van der Waals surface area contributed by atoms with Crippen LogP contribution in [0.4, 0.5) is 0 Å². The lowest BCUT2D eigenvalue weighted by molar-refractivity contribution is -0.143. The molecule has 1 aliphatic rings. The Labute approximate surface area is 214 Å². The summed E-state index contributed by atoms with van der Waals surface area (Å²) in [4.78, 5) is 29.1. The number of ether oxygens (including phenoxy) is 1. The van der Waals surface area contributed by atoms with E-state index in [4.69, 9.17) is 4.74 Å². The molecule has 2 amide bonds. The maximum Gasteiger partial charge on any atom is 0.261 e. The number of nitrogens with one attached hydrogen (secondary N) is 1. The molecular formula is C31H36N2O3. The Morgan fingerprint density at radius 1 is 0.917 bits per heavy atom. The van der Waals surface area contributed by atoms with Crippen molar-refractivity contribution < 1.29 is 14.3 Å². The van der Waals surface area contributed by atoms with Gasteiger partial charge in [0.1, 0.15) is 11.8 Å². The molecule has 0 aliphatic heterocycles. The van der Waals surface area contributed by atoms with Crippen LogP contribution in [0, 0.1) is 13.8 Å². The van der Waals surface area contributed by atoms with E-state index >= 15 is 0 Å². The third-order valence-electron chi connectivity index (χ3n) is 6.85. The van der Waals surface area contributed by atoms with Crippen LogP contribution in [0.5, 0.6) is 5.75 Å². The van der Waals surface area contributed by atoms with Gasteiger partial charge < -0.3 is 15.0 Å². The fourth-order valence-electron chi connectivity index (χ4n) is 4.87. The number of amides is 2. The Kier molecular flexibility index (Phi) is 8.77. The molecule has 3 aromatic carbocycles. The van der Waals surface area contributed by atoms with Crippen LogP contribution in [0.1, 0.15) is 47.9 Å². The number of aryl methyl sites for hydroxylation is 2. The summed E-state index contributed by atoms with van der Waals surface area (Å²) in [5, 5.41) is 3.24. The molecule has 5 nitrogen and oxygen atoms in total. The first-order valence-electron chi connectivity index (χ1n) is 12.9. The Morgan fingerprint density at radius 2 is 1.61 bits per heavy atom. The van der Waals surface area contributed by atoms with Crippen LogP contribution in [0.2, 0.25) is 0 Å². The van der Waals surface area contributed by atoms with Crippen LogP contribution in [0.25, 0.3) is 0 Å². The molecule has 188 valence electrons. The van der Waals surface area contributed by atoms with Crippen molar-refractivity contribution in [3.63, 3.8) is 0 Å². The molecule has 0 unspecified atom stereocenters. The summed E-state index contributed by atoms with van der Waals surface area (Å²) in [5.74, 6) is 0.376. The second kappa shape index (κ2) is 12.4. The van der Waals surface area contributed by atoms with E-state index in [0.29, 0.717) is 18.7 Å². The number of nitrogens with zero attached hydrogens (tertiary/aromatic N) is 1. The first kappa shape index (κ1) is 25.5. The molecule has 1 aliphatic carbocycles. The predicted molar refractivity (Wildman–Crippen MR) is 143 cm³/mol. The van der Waals surface area contributed by atoms with Gasteiger partial charge in [-0.3, -0.25) is 9.59 Å². The molecule has 4 rings (SSSR count). The molecule has 0 radical (unpaired) electrons. The molecule has 0 spiro atoms. The van der Waals surface area contributed by atoms with Gasteiger partial charge in [-0.25, -0.2) is 0 Å². The highest BCUT2D eigenvalue weighted by Crippen LogP contribution is 2.21. The number of para-hydroxylation sites is 1. The van der Waals surface area contributed by atoms with E-state index in [0.717, 1.165) is 47.9 Å². The van der Waals surface area contributed by atoms with Crippen molar-refractivity contribution in [2.75, 3.05) is 6.61 Å². The zero-order valence-corrected chi connectivity index (χ0v) is 21.3. The highest BCUT2D eigenvalue weighted by Gasteiger charge is 2.32. The van der Waals surface area contributed by atoms with Crippen molar-refractivity contribution >= 4 is 11.8 Å². The van der Waals surface area contributed by atoms with Crippen LogP contribution < -0.4 is 10.1 Å². The second-order valence-electron chi connectivity index (χ2n) is 9.76. The average molecular weight is 485 g/mol. The topological polar surface area (TPSA) is 58.6 Å². The quantitative estimate of drug-likeness (QED) is 0.420. The van der Waals surface area contributed by atoms with E-state index in [1.807, 2.05) is 86.6 Å². The van der Waals surface area contributed by atoms with Crippen LogP contribution >= 0.6 is 0 Å². The van der Waals surface area contributed by atoms with Crippen LogP contribution in [-0.4, -0.2) is 35.4 Å². The lowest BCUT2D eigenvalue weighted by Crippen LogP contribution is -2.53. The number of hydrogen-bond acceptors (Lipinski definition) is 3. The van der Waals surface area contributed by atoms with Crippen molar-refractivity contribution in [1.82, 2.24) is 10.2 Å². The van der Waals surface area contributed by atoms with Crippen LogP contribution in [-0.2, 0) is 22.6 Å². The van der Waals surface area contributed by atoms with Crippen molar-refractivity contribution in [3.05, 3.63) is 101 Å². The van der Waals surface area contributed by atoms with Crippen LogP contribution in [0.3, 0.4) is 0 Å². The van der Waals surface area contributed by atoms with Gasteiger partial charge in [0.2, 0.25) is 5.91 Å². The van der Waals surface area contributed by atoms with E-state index in [9.17, 15) is 9.59 Å². The maximum atomic E-state index is 13.7.